The number of benzene rings is 3. The van der Waals surface area contributed by atoms with Gasteiger partial charge in [0.25, 0.3) is 0 Å². The Morgan fingerprint density at radius 1 is 0.970 bits per heavy atom. The van der Waals surface area contributed by atoms with Crippen molar-refractivity contribution < 1.29 is 14.3 Å². The topological polar surface area (TPSA) is 49.9 Å². The molecule has 5 nitrogen and oxygen atoms in total. The SMILES string of the molecule is COC(=O)c1ccc2c(c1)N1C(=O)CCC1(C)N2CCC(c1ccccc1)c1ccccc1. The standard InChI is InChI=1S/C28H28N2O3/c1-28-17-15-26(31)30(28)25-19-22(27(32)33-2)13-14-24(25)29(28)18-16-23(20-9-5-3-6-10-20)21-11-7-4-8-12-21/h3-14,19,23H,15-18H2,1-2H3. The summed E-state index contributed by atoms with van der Waals surface area (Å²) in [5.41, 5.74) is 4.41. The fourth-order valence-corrected chi connectivity index (χ4v) is 5.44. The van der Waals surface area contributed by atoms with Crippen molar-refractivity contribution in [1.29, 1.82) is 0 Å². The number of carbonyl (C=O) groups is 2. The van der Waals surface area contributed by atoms with Crippen LogP contribution < -0.4 is 9.80 Å². The van der Waals surface area contributed by atoms with Crippen LogP contribution in [-0.4, -0.2) is 31.2 Å². The molecular weight excluding hydrogens is 412 g/mol. The first kappa shape index (κ1) is 21.3. The van der Waals surface area contributed by atoms with Gasteiger partial charge in [-0.1, -0.05) is 60.7 Å². The molecule has 1 atom stereocenters. The Balaban J connectivity index is 1.50. The number of rotatable bonds is 6. The van der Waals surface area contributed by atoms with E-state index in [1.807, 2.05) is 23.1 Å². The zero-order valence-corrected chi connectivity index (χ0v) is 19.0. The van der Waals surface area contributed by atoms with E-state index in [0.717, 1.165) is 30.8 Å². The van der Waals surface area contributed by atoms with Gasteiger partial charge in [0.15, 0.2) is 0 Å². The minimum absolute atomic E-state index is 0.103. The summed E-state index contributed by atoms with van der Waals surface area (Å²) >= 11 is 0. The van der Waals surface area contributed by atoms with Gasteiger partial charge in [-0.2, -0.15) is 0 Å². The molecule has 2 heterocycles. The number of nitrogens with zero attached hydrogens (tertiary/aromatic N) is 2. The lowest BCUT2D eigenvalue weighted by atomic mass is 9.88. The van der Waals surface area contributed by atoms with Crippen molar-refractivity contribution in [3.8, 4) is 0 Å². The quantitative estimate of drug-likeness (QED) is 0.484. The summed E-state index contributed by atoms with van der Waals surface area (Å²) < 4.78 is 4.91. The summed E-state index contributed by atoms with van der Waals surface area (Å²) in [4.78, 5) is 29.3. The molecule has 5 heteroatoms. The highest BCUT2D eigenvalue weighted by atomic mass is 16.5. The summed E-state index contributed by atoms with van der Waals surface area (Å²) in [6, 6.07) is 26.7. The van der Waals surface area contributed by atoms with E-state index >= 15 is 0 Å². The number of hydrogen-bond donors (Lipinski definition) is 0. The zero-order valence-electron chi connectivity index (χ0n) is 19.0. The molecule has 1 unspecified atom stereocenters. The second-order valence-electron chi connectivity index (χ2n) is 8.96. The van der Waals surface area contributed by atoms with Crippen LogP contribution in [-0.2, 0) is 9.53 Å². The van der Waals surface area contributed by atoms with Crippen LogP contribution >= 0.6 is 0 Å². The third-order valence-corrected chi connectivity index (χ3v) is 7.10. The number of methoxy groups -OCH3 is 1. The van der Waals surface area contributed by atoms with Crippen LogP contribution in [0.25, 0.3) is 0 Å². The molecule has 0 N–H and O–H groups in total. The van der Waals surface area contributed by atoms with E-state index < -0.39 is 11.6 Å². The van der Waals surface area contributed by atoms with E-state index in [9.17, 15) is 9.59 Å². The molecule has 1 amide bonds. The molecule has 0 aromatic heterocycles. The summed E-state index contributed by atoms with van der Waals surface area (Å²) in [6.45, 7) is 2.93. The molecule has 3 aromatic rings. The lowest BCUT2D eigenvalue weighted by Crippen LogP contribution is -2.52. The van der Waals surface area contributed by atoms with Crippen molar-refractivity contribution >= 4 is 23.3 Å². The Bertz CT molecular complexity index is 1140. The Hall–Kier alpha value is -3.60. The van der Waals surface area contributed by atoms with Crippen LogP contribution in [0, 0.1) is 0 Å². The van der Waals surface area contributed by atoms with E-state index in [2.05, 4.69) is 60.4 Å². The maximum absolute atomic E-state index is 12.9. The van der Waals surface area contributed by atoms with Crippen molar-refractivity contribution in [2.75, 3.05) is 23.5 Å². The molecule has 0 saturated carbocycles. The number of carbonyl (C=O) groups excluding carboxylic acids is 2. The number of fused-ring (bicyclic) bond motifs is 3. The average molecular weight is 441 g/mol. The third-order valence-electron chi connectivity index (χ3n) is 7.10. The molecule has 0 radical (unpaired) electrons. The molecule has 0 spiro atoms. The van der Waals surface area contributed by atoms with Gasteiger partial charge < -0.3 is 9.64 Å². The number of amides is 1. The van der Waals surface area contributed by atoms with Gasteiger partial charge in [0, 0.05) is 18.9 Å². The fraction of sp³-hybridized carbons (Fsp3) is 0.286. The van der Waals surface area contributed by atoms with Crippen molar-refractivity contribution in [1.82, 2.24) is 0 Å². The van der Waals surface area contributed by atoms with Gasteiger partial charge in [-0.15, -0.1) is 0 Å². The molecule has 0 aliphatic carbocycles. The largest absolute Gasteiger partial charge is 0.465 e. The molecule has 33 heavy (non-hydrogen) atoms. The van der Waals surface area contributed by atoms with Crippen LogP contribution in [0.2, 0.25) is 0 Å². The van der Waals surface area contributed by atoms with Crippen LogP contribution in [0.15, 0.2) is 78.9 Å². The predicted molar refractivity (Wildman–Crippen MR) is 130 cm³/mol. The Labute approximate surface area is 194 Å². The van der Waals surface area contributed by atoms with Crippen LogP contribution in [0.5, 0.6) is 0 Å². The van der Waals surface area contributed by atoms with Gasteiger partial charge in [-0.25, -0.2) is 4.79 Å². The minimum atomic E-state index is -0.425. The van der Waals surface area contributed by atoms with Crippen LogP contribution in [0.3, 0.4) is 0 Å². The second-order valence-corrected chi connectivity index (χ2v) is 8.96. The molecule has 2 aliphatic heterocycles. The van der Waals surface area contributed by atoms with E-state index in [1.54, 1.807) is 12.1 Å². The number of anilines is 2. The maximum atomic E-state index is 12.9. The molecule has 1 saturated heterocycles. The second kappa shape index (κ2) is 8.39. The summed E-state index contributed by atoms with van der Waals surface area (Å²) in [5.74, 6) is -0.0382. The highest BCUT2D eigenvalue weighted by Gasteiger charge is 2.53. The van der Waals surface area contributed by atoms with E-state index in [-0.39, 0.29) is 11.8 Å². The molecular formula is C28H28N2O3. The minimum Gasteiger partial charge on any atom is -0.465 e. The van der Waals surface area contributed by atoms with Gasteiger partial charge >= 0.3 is 5.97 Å². The highest BCUT2D eigenvalue weighted by Crippen LogP contribution is 2.51. The van der Waals surface area contributed by atoms with Crippen LogP contribution in [0.4, 0.5) is 11.4 Å². The summed E-state index contributed by atoms with van der Waals surface area (Å²) in [6.07, 6.45) is 2.18. The smallest absolute Gasteiger partial charge is 0.337 e. The number of hydrogen-bond acceptors (Lipinski definition) is 4. The van der Waals surface area contributed by atoms with E-state index in [4.69, 9.17) is 4.74 Å². The number of esters is 1. The van der Waals surface area contributed by atoms with Crippen molar-refractivity contribution in [3.05, 3.63) is 95.6 Å². The lowest BCUT2D eigenvalue weighted by Gasteiger charge is -2.38. The van der Waals surface area contributed by atoms with Gasteiger partial charge in [0.05, 0.1) is 24.0 Å². The first-order chi connectivity index (χ1) is 16.0. The van der Waals surface area contributed by atoms with Crippen LogP contribution in [0.1, 0.15) is 53.6 Å². The Morgan fingerprint density at radius 2 is 1.61 bits per heavy atom. The van der Waals surface area contributed by atoms with Gasteiger partial charge in [0.2, 0.25) is 5.91 Å². The normalized spacial score (nSPS) is 19.1. The first-order valence-corrected chi connectivity index (χ1v) is 11.5. The average Bonchev–Trinajstić information content (AvgIpc) is 3.29. The van der Waals surface area contributed by atoms with Crippen molar-refractivity contribution in [2.24, 2.45) is 0 Å². The lowest BCUT2D eigenvalue weighted by molar-refractivity contribution is -0.117. The number of ether oxygens (including phenoxy) is 1. The monoisotopic (exact) mass is 440 g/mol. The summed E-state index contributed by atoms with van der Waals surface area (Å²) in [7, 11) is 1.38. The first-order valence-electron chi connectivity index (χ1n) is 11.5. The third kappa shape index (κ3) is 3.58. The van der Waals surface area contributed by atoms with Crippen molar-refractivity contribution in [2.45, 2.75) is 37.8 Å². The van der Waals surface area contributed by atoms with E-state index in [1.165, 1.54) is 18.2 Å². The van der Waals surface area contributed by atoms with E-state index in [0.29, 0.717) is 12.0 Å². The molecule has 168 valence electrons. The van der Waals surface area contributed by atoms with Gasteiger partial charge in [0.1, 0.15) is 5.66 Å². The van der Waals surface area contributed by atoms with Crippen molar-refractivity contribution in [3.63, 3.8) is 0 Å². The predicted octanol–water partition coefficient (Wildman–Crippen LogP) is 5.36. The molecule has 1 fully saturated rings. The van der Waals surface area contributed by atoms with Gasteiger partial charge in [-0.3, -0.25) is 9.69 Å². The van der Waals surface area contributed by atoms with Gasteiger partial charge in [-0.05, 0) is 49.1 Å². The highest BCUT2D eigenvalue weighted by molar-refractivity contribution is 6.06. The fourth-order valence-electron chi connectivity index (χ4n) is 5.44. The Kier molecular flexibility index (Phi) is 5.41. The maximum Gasteiger partial charge on any atom is 0.337 e. The molecule has 3 aromatic carbocycles. The zero-order chi connectivity index (χ0) is 23.0. The Morgan fingerprint density at radius 3 is 2.21 bits per heavy atom. The summed E-state index contributed by atoms with van der Waals surface area (Å²) in [5, 5.41) is 0. The molecule has 5 rings (SSSR count). The molecule has 2 aliphatic rings. The molecule has 0 bridgehead atoms.